The van der Waals surface area contributed by atoms with Crippen molar-refractivity contribution in [1.29, 1.82) is 0 Å². The van der Waals surface area contributed by atoms with E-state index in [2.05, 4.69) is 10.1 Å². The summed E-state index contributed by atoms with van der Waals surface area (Å²) in [4.78, 5) is 20.9. The molecule has 0 spiro atoms. The number of hydrogen-bond acceptors (Lipinski definition) is 3. The van der Waals surface area contributed by atoms with Gasteiger partial charge in [0.05, 0.1) is 7.11 Å². The van der Waals surface area contributed by atoms with Gasteiger partial charge in [0, 0.05) is 13.0 Å². The van der Waals surface area contributed by atoms with Crippen molar-refractivity contribution in [2.75, 3.05) is 7.11 Å². The van der Waals surface area contributed by atoms with Gasteiger partial charge in [0.25, 0.3) is 0 Å². The van der Waals surface area contributed by atoms with Crippen molar-refractivity contribution in [2.24, 2.45) is 0 Å². The molecule has 0 fully saturated rings. The number of ether oxygens (including phenoxy) is 1. The van der Waals surface area contributed by atoms with Gasteiger partial charge in [0.15, 0.2) is 11.7 Å². The van der Waals surface area contributed by atoms with E-state index in [-0.39, 0.29) is 17.6 Å². The maximum Gasteiger partial charge on any atom is 0.223 e. The van der Waals surface area contributed by atoms with Crippen LogP contribution in [-0.4, -0.2) is 18.8 Å². The molecule has 0 heterocycles. The Kier molecular flexibility index (Phi) is 3.95. The average molecular weight is 157 g/mol. The van der Waals surface area contributed by atoms with Gasteiger partial charge < -0.3 is 4.74 Å². The zero-order chi connectivity index (χ0) is 8.85. The number of allylic oxidation sites excluding steroid dienone is 1. The fourth-order valence-corrected chi connectivity index (χ4v) is 0.504. The lowest BCUT2D eigenvalue weighted by molar-refractivity contribution is -0.119. The molecule has 0 aromatic heterocycles. The molecule has 11 heavy (non-hydrogen) atoms. The van der Waals surface area contributed by atoms with E-state index in [4.69, 9.17) is 0 Å². The Bertz CT molecular complexity index is 196. The number of hydrogen-bond donors (Lipinski definition) is 1. The van der Waals surface area contributed by atoms with E-state index in [1.807, 2.05) is 0 Å². The van der Waals surface area contributed by atoms with Crippen LogP contribution in [-0.2, 0) is 14.3 Å². The molecule has 0 saturated carbocycles. The first-order chi connectivity index (χ1) is 5.06. The summed E-state index contributed by atoms with van der Waals surface area (Å²) in [5, 5.41) is 2.34. The molecule has 0 radical (unpaired) electrons. The number of carbonyl (C=O) groups is 2. The van der Waals surface area contributed by atoms with Crippen LogP contribution in [0, 0.1) is 0 Å². The lowest BCUT2D eigenvalue weighted by Gasteiger charge is -2.03. The summed E-state index contributed by atoms with van der Waals surface area (Å²) in [5.41, 5.74) is 0. The molecule has 62 valence electrons. The predicted octanol–water partition coefficient (Wildman–Crippen LogP) is 0.199. The summed E-state index contributed by atoms with van der Waals surface area (Å²) < 4.78 is 4.68. The van der Waals surface area contributed by atoms with Crippen LogP contribution in [0.5, 0.6) is 0 Å². The second-order valence-corrected chi connectivity index (χ2v) is 2.00. The molecule has 0 bridgehead atoms. The maximum atomic E-state index is 10.5. The SMILES string of the molecule is CO/C(=C/C(C)=O)NC(C)=O. The van der Waals surface area contributed by atoms with Crippen molar-refractivity contribution in [3.63, 3.8) is 0 Å². The van der Waals surface area contributed by atoms with Gasteiger partial charge in [-0.25, -0.2) is 0 Å². The van der Waals surface area contributed by atoms with E-state index in [0.717, 1.165) is 0 Å². The van der Waals surface area contributed by atoms with E-state index < -0.39 is 0 Å². The molecule has 0 unspecified atom stereocenters. The smallest absolute Gasteiger partial charge is 0.223 e. The standard InChI is InChI=1S/C7H11NO3/c1-5(9)4-7(11-3)8-6(2)10/h4H,1-3H3,(H,8,10)/b7-4+. The van der Waals surface area contributed by atoms with Crippen molar-refractivity contribution < 1.29 is 14.3 Å². The van der Waals surface area contributed by atoms with Crippen LogP contribution in [0.1, 0.15) is 13.8 Å². The molecule has 0 aliphatic rings. The third-order valence-corrected chi connectivity index (χ3v) is 0.854. The molecular formula is C7H11NO3. The van der Waals surface area contributed by atoms with Gasteiger partial charge in [-0.15, -0.1) is 0 Å². The molecule has 0 aliphatic heterocycles. The zero-order valence-corrected chi connectivity index (χ0v) is 6.80. The Labute approximate surface area is 65.2 Å². The Morgan fingerprint density at radius 3 is 2.18 bits per heavy atom. The highest BCUT2D eigenvalue weighted by molar-refractivity contribution is 5.88. The molecular weight excluding hydrogens is 146 g/mol. The molecule has 1 amide bonds. The number of methoxy groups -OCH3 is 1. The molecule has 1 N–H and O–H groups in total. The molecule has 4 heteroatoms. The maximum absolute atomic E-state index is 10.5. The van der Waals surface area contributed by atoms with E-state index in [0.29, 0.717) is 0 Å². The van der Waals surface area contributed by atoms with E-state index in [1.54, 1.807) is 0 Å². The molecule has 0 aromatic rings. The van der Waals surface area contributed by atoms with Crippen LogP contribution in [0.25, 0.3) is 0 Å². The van der Waals surface area contributed by atoms with Crippen molar-refractivity contribution in [1.82, 2.24) is 5.32 Å². The summed E-state index contributed by atoms with van der Waals surface area (Å²) in [6, 6.07) is 0. The first kappa shape index (κ1) is 9.68. The Balaban J connectivity index is 4.16. The summed E-state index contributed by atoms with van der Waals surface area (Å²) in [6.07, 6.45) is 1.21. The first-order valence-electron chi connectivity index (χ1n) is 3.10. The number of amides is 1. The normalized spacial score (nSPS) is 10.6. The van der Waals surface area contributed by atoms with Crippen LogP contribution in [0.4, 0.5) is 0 Å². The van der Waals surface area contributed by atoms with Crippen LogP contribution >= 0.6 is 0 Å². The van der Waals surface area contributed by atoms with Gasteiger partial charge in [-0.05, 0) is 6.92 Å². The topological polar surface area (TPSA) is 55.4 Å². The second-order valence-electron chi connectivity index (χ2n) is 2.00. The lowest BCUT2D eigenvalue weighted by atomic mass is 10.4. The predicted molar refractivity (Wildman–Crippen MR) is 39.6 cm³/mol. The van der Waals surface area contributed by atoms with Crippen LogP contribution in [0.15, 0.2) is 12.0 Å². The molecule has 0 rings (SSSR count). The number of nitrogens with one attached hydrogen (secondary N) is 1. The summed E-state index contributed by atoms with van der Waals surface area (Å²) in [6.45, 7) is 2.72. The molecule has 0 atom stereocenters. The fraction of sp³-hybridized carbons (Fsp3) is 0.429. The highest BCUT2D eigenvalue weighted by atomic mass is 16.5. The quantitative estimate of drug-likeness (QED) is 0.470. The van der Waals surface area contributed by atoms with E-state index in [1.165, 1.54) is 27.0 Å². The Morgan fingerprint density at radius 1 is 1.36 bits per heavy atom. The summed E-state index contributed by atoms with van der Waals surface area (Å²) in [7, 11) is 1.38. The molecule has 4 nitrogen and oxygen atoms in total. The first-order valence-corrected chi connectivity index (χ1v) is 3.10. The van der Waals surface area contributed by atoms with Gasteiger partial charge in [-0.1, -0.05) is 0 Å². The van der Waals surface area contributed by atoms with E-state index >= 15 is 0 Å². The largest absolute Gasteiger partial charge is 0.482 e. The van der Waals surface area contributed by atoms with Crippen LogP contribution in [0.3, 0.4) is 0 Å². The minimum absolute atomic E-state index is 0.171. The van der Waals surface area contributed by atoms with Crippen molar-refractivity contribution in [2.45, 2.75) is 13.8 Å². The Hall–Kier alpha value is -1.32. The van der Waals surface area contributed by atoms with E-state index in [9.17, 15) is 9.59 Å². The van der Waals surface area contributed by atoms with Gasteiger partial charge >= 0.3 is 0 Å². The lowest BCUT2D eigenvalue weighted by Crippen LogP contribution is -2.20. The third kappa shape index (κ3) is 5.14. The number of ketones is 1. The van der Waals surface area contributed by atoms with Crippen molar-refractivity contribution in [3.8, 4) is 0 Å². The van der Waals surface area contributed by atoms with Crippen molar-refractivity contribution in [3.05, 3.63) is 12.0 Å². The minimum Gasteiger partial charge on any atom is -0.482 e. The van der Waals surface area contributed by atoms with Gasteiger partial charge in [-0.2, -0.15) is 0 Å². The molecule has 0 saturated heterocycles. The molecule has 0 aromatic carbocycles. The fourth-order valence-electron chi connectivity index (χ4n) is 0.504. The van der Waals surface area contributed by atoms with Crippen LogP contribution in [0.2, 0.25) is 0 Å². The second kappa shape index (κ2) is 4.49. The van der Waals surface area contributed by atoms with Crippen molar-refractivity contribution >= 4 is 11.7 Å². The average Bonchev–Trinajstić information content (AvgIpc) is 1.84. The number of carbonyl (C=O) groups excluding carboxylic acids is 2. The number of rotatable bonds is 3. The summed E-state index contributed by atoms with van der Waals surface area (Å²) >= 11 is 0. The monoisotopic (exact) mass is 157 g/mol. The van der Waals surface area contributed by atoms with Gasteiger partial charge in [-0.3, -0.25) is 14.9 Å². The Morgan fingerprint density at radius 2 is 1.91 bits per heavy atom. The van der Waals surface area contributed by atoms with Crippen LogP contribution < -0.4 is 5.32 Å². The third-order valence-electron chi connectivity index (χ3n) is 0.854. The highest BCUT2D eigenvalue weighted by Crippen LogP contribution is 1.89. The summed E-state index contributed by atoms with van der Waals surface area (Å²) in [5.74, 6) is -0.264. The van der Waals surface area contributed by atoms with Gasteiger partial charge in [0.1, 0.15) is 0 Å². The zero-order valence-electron chi connectivity index (χ0n) is 6.80. The minimum atomic E-state index is -0.264. The highest BCUT2D eigenvalue weighted by Gasteiger charge is 1.98. The van der Waals surface area contributed by atoms with Gasteiger partial charge in [0.2, 0.25) is 5.91 Å². The molecule has 0 aliphatic carbocycles.